The summed E-state index contributed by atoms with van der Waals surface area (Å²) in [6.45, 7) is 3.92. The number of carbonyl (C=O) groups excluding carboxylic acids is 3. The van der Waals surface area contributed by atoms with Gasteiger partial charge in [-0.3, -0.25) is 14.4 Å². The Morgan fingerprint density at radius 1 is 1.35 bits per heavy atom. The van der Waals surface area contributed by atoms with Gasteiger partial charge in [-0.25, -0.2) is 9.78 Å². The van der Waals surface area contributed by atoms with Gasteiger partial charge in [-0.2, -0.15) is 12.6 Å². The Morgan fingerprint density at radius 3 is 2.61 bits per heavy atom. The van der Waals surface area contributed by atoms with E-state index in [0.717, 1.165) is 0 Å². The summed E-state index contributed by atoms with van der Waals surface area (Å²) in [5.41, 5.74) is 6.67. The van der Waals surface area contributed by atoms with Crippen molar-refractivity contribution in [1.82, 2.24) is 25.5 Å². The molecule has 172 valence electrons. The van der Waals surface area contributed by atoms with Gasteiger partial charge >= 0.3 is 5.97 Å². The van der Waals surface area contributed by atoms with E-state index < -0.39 is 47.9 Å². The Bertz CT molecular complexity index is 787. The topological polar surface area (TPSA) is 171 Å². The van der Waals surface area contributed by atoms with Crippen LogP contribution in [0.5, 0.6) is 0 Å². The monoisotopic (exact) mass is 454 g/mol. The number of hydrogen-bond donors (Lipinski definition) is 6. The molecule has 0 spiro atoms. The van der Waals surface area contributed by atoms with Gasteiger partial charge in [-0.15, -0.1) is 0 Å². The van der Waals surface area contributed by atoms with Gasteiger partial charge < -0.3 is 31.4 Å². The molecule has 0 saturated carbocycles. The van der Waals surface area contributed by atoms with Crippen molar-refractivity contribution in [3.63, 3.8) is 0 Å². The maximum absolute atomic E-state index is 13.2. The van der Waals surface area contributed by atoms with Crippen LogP contribution in [0, 0.1) is 5.92 Å². The first-order chi connectivity index (χ1) is 14.6. The van der Waals surface area contributed by atoms with E-state index >= 15 is 0 Å². The predicted molar refractivity (Wildman–Crippen MR) is 115 cm³/mol. The molecule has 6 N–H and O–H groups in total. The Balaban J connectivity index is 2.06. The highest BCUT2D eigenvalue weighted by Gasteiger charge is 2.39. The van der Waals surface area contributed by atoms with Crippen molar-refractivity contribution in [3.8, 4) is 0 Å². The van der Waals surface area contributed by atoms with Crippen molar-refractivity contribution in [2.75, 3.05) is 12.3 Å². The van der Waals surface area contributed by atoms with Crippen LogP contribution in [0.1, 0.15) is 32.4 Å². The number of aromatic amines is 1. The fourth-order valence-electron chi connectivity index (χ4n) is 3.43. The van der Waals surface area contributed by atoms with E-state index in [1.807, 2.05) is 0 Å². The molecular formula is C19H30N6O5S. The number of carboxylic acid groups (broad SMARTS) is 1. The summed E-state index contributed by atoms with van der Waals surface area (Å²) in [6, 6.07) is -3.69. The second-order valence-electron chi connectivity index (χ2n) is 7.89. The number of H-pyrrole nitrogens is 1. The molecule has 1 aromatic rings. The van der Waals surface area contributed by atoms with Crippen molar-refractivity contribution < 1.29 is 24.3 Å². The van der Waals surface area contributed by atoms with Crippen LogP contribution in [0.3, 0.4) is 0 Å². The molecule has 1 fully saturated rings. The highest BCUT2D eigenvalue weighted by molar-refractivity contribution is 7.80. The molecule has 2 rings (SSSR count). The number of imidazole rings is 1. The fraction of sp³-hybridized carbons (Fsp3) is 0.632. The highest BCUT2D eigenvalue weighted by Crippen LogP contribution is 2.21. The van der Waals surface area contributed by atoms with Gasteiger partial charge in [0.15, 0.2) is 0 Å². The maximum Gasteiger partial charge on any atom is 0.327 e. The number of rotatable bonds is 10. The van der Waals surface area contributed by atoms with Gasteiger partial charge in [0.05, 0.1) is 12.4 Å². The molecule has 0 aromatic carbocycles. The summed E-state index contributed by atoms with van der Waals surface area (Å²) in [7, 11) is 0. The summed E-state index contributed by atoms with van der Waals surface area (Å²) < 4.78 is 0. The van der Waals surface area contributed by atoms with Gasteiger partial charge in [0, 0.05) is 30.6 Å². The number of carboxylic acids is 1. The number of likely N-dealkylation sites (tertiary alicyclic amines) is 1. The van der Waals surface area contributed by atoms with E-state index in [0.29, 0.717) is 25.1 Å². The van der Waals surface area contributed by atoms with Gasteiger partial charge in [-0.1, -0.05) is 13.8 Å². The predicted octanol–water partition coefficient (Wildman–Crippen LogP) is -1.09. The summed E-state index contributed by atoms with van der Waals surface area (Å²) in [6.07, 6.45) is 4.30. The third-order valence-corrected chi connectivity index (χ3v) is 5.56. The zero-order valence-electron chi connectivity index (χ0n) is 17.6. The lowest BCUT2D eigenvalue weighted by Gasteiger charge is -2.31. The van der Waals surface area contributed by atoms with E-state index in [-0.39, 0.29) is 18.1 Å². The van der Waals surface area contributed by atoms with E-state index in [1.165, 1.54) is 11.2 Å². The Morgan fingerprint density at radius 2 is 2.06 bits per heavy atom. The van der Waals surface area contributed by atoms with Crippen molar-refractivity contribution in [2.24, 2.45) is 11.7 Å². The SMILES string of the molecule is CC(C)C(NC(=O)C(N)Cc1cnc[nH]1)C(=O)N1CCCC1C(=O)NC(CS)C(=O)O. The fourth-order valence-corrected chi connectivity index (χ4v) is 3.68. The third kappa shape index (κ3) is 6.44. The Kier molecular flexibility index (Phi) is 8.87. The molecule has 12 heteroatoms. The van der Waals surface area contributed by atoms with Crippen LogP contribution in [-0.4, -0.2) is 80.1 Å². The maximum atomic E-state index is 13.2. The van der Waals surface area contributed by atoms with Gasteiger partial charge in [0.25, 0.3) is 0 Å². The summed E-state index contributed by atoms with van der Waals surface area (Å²) in [5, 5.41) is 14.3. The molecule has 4 atom stereocenters. The average molecular weight is 455 g/mol. The van der Waals surface area contributed by atoms with Crippen LogP contribution < -0.4 is 16.4 Å². The van der Waals surface area contributed by atoms with Crippen molar-refractivity contribution in [3.05, 3.63) is 18.2 Å². The number of hydrogen-bond acceptors (Lipinski definition) is 7. The first-order valence-electron chi connectivity index (χ1n) is 10.1. The number of nitrogens with zero attached hydrogens (tertiary/aromatic N) is 2. The molecular weight excluding hydrogens is 424 g/mol. The van der Waals surface area contributed by atoms with Crippen molar-refractivity contribution >= 4 is 36.3 Å². The number of amides is 3. The largest absolute Gasteiger partial charge is 0.480 e. The molecule has 2 heterocycles. The number of aromatic nitrogens is 2. The second-order valence-corrected chi connectivity index (χ2v) is 8.25. The summed E-state index contributed by atoms with van der Waals surface area (Å²) >= 11 is 3.94. The molecule has 0 radical (unpaired) electrons. The quantitative estimate of drug-likeness (QED) is 0.244. The van der Waals surface area contributed by atoms with Crippen LogP contribution in [0.25, 0.3) is 0 Å². The first-order valence-corrected chi connectivity index (χ1v) is 10.8. The van der Waals surface area contributed by atoms with Crippen LogP contribution in [0.15, 0.2) is 12.5 Å². The molecule has 31 heavy (non-hydrogen) atoms. The standard InChI is InChI=1S/C19H30N6O5S/c1-10(2)15(24-16(26)12(20)6-11-7-21-9-22-11)18(28)25-5-3-4-14(25)17(27)23-13(8-31)19(29)30/h7,9-10,12-15,31H,3-6,8,20H2,1-2H3,(H,21,22)(H,23,27)(H,24,26)(H,29,30). The minimum Gasteiger partial charge on any atom is -0.480 e. The van der Waals surface area contributed by atoms with E-state index in [4.69, 9.17) is 10.8 Å². The number of nitrogens with two attached hydrogens (primary N) is 1. The molecule has 1 aliphatic heterocycles. The van der Waals surface area contributed by atoms with E-state index in [2.05, 4.69) is 33.2 Å². The zero-order valence-corrected chi connectivity index (χ0v) is 18.5. The second kappa shape index (κ2) is 11.1. The minimum atomic E-state index is -1.20. The van der Waals surface area contributed by atoms with Gasteiger partial charge in [-0.05, 0) is 18.8 Å². The first kappa shape index (κ1) is 24.7. The zero-order chi connectivity index (χ0) is 23.1. The lowest BCUT2D eigenvalue weighted by molar-refractivity contribution is -0.145. The molecule has 3 amide bonds. The molecule has 4 unspecified atom stereocenters. The number of thiol groups is 1. The highest BCUT2D eigenvalue weighted by atomic mass is 32.1. The minimum absolute atomic E-state index is 0.0688. The van der Waals surface area contributed by atoms with E-state index in [9.17, 15) is 19.2 Å². The molecule has 11 nitrogen and oxygen atoms in total. The lowest BCUT2D eigenvalue weighted by atomic mass is 10.0. The molecule has 1 saturated heterocycles. The molecule has 0 aliphatic carbocycles. The lowest BCUT2D eigenvalue weighted by Crippen LogP contribution is -2.58. The van der Waals surface area contributed by atoms with Gasteiger partial charge in [0.1, 0.15) is 18.1 Å². The Hall–Kier alpha value is -2.60. The summed E-state index contributed by atoms with van der Waals surface area (Å²) in [4.78, 5) is 57.8. The number of aliphatic carboxylic acids is 1. The Labute approximate surface area is 185 Å². The van der Waals surface area contributed by atoms with Crippen molar-refractivity contribution in [2.45, 2.75) is 57.3 Å². The summed E-state index contributed by atoms with van der Waals surface area (Å²) in [5.74, 6) is -2.93. The molecule has 1 aromatic heterocycles. The van der Waals surface area contributed by atoms with Crippen LogP contribution in [0.2, 0.25) is 0 Å². The molecule has 1 aliphatic rings. The normalized spacial score (nSPS) is 19.0. The third-order valence-electron chi connectivity index (χ3n) is 5.20. The van der Waals surface area contributed by atoms with Crippen LogP contribution in [-0.2, 0) is 25.6 Å². The average Bonchev–Trinajstić information content (AvgIpc) is 3.40. The number of nitrogens with one attached hydrogen (secondary N) is 3. The van der Waals surface area contributed by atoms with Gasteiger partial charge in [0.2, 0.25) is 17.7 Å². The van der Waals surface area contributed by atoms with Crippen molar-refractivity contribution in [1.29, 1.82) is 0 Å². The number of carbonyl (C=O) groups is 4. The van der Waals surface area contributed by atoms with E-state index in [1.54, 1.807) is 20.0 Å². The van der Waals surface area contributed by atoms with Crippen LogP contribution in [0.4, 0.5) is 0 Å². The van der Waals surface area contributed by atoms with Crippen LogP contribution >= 0.6 is 12.6 Å². The smallest absolute Gasteiger partial charge is 0.327 e. The molecule has 0 bridgehead atoms.